The van der Waals surface area contributed by atoms with Gasteiger partial charge in [-0.3, -0.25) is 9.69 Å². The van der Waals surface area contributed by atoms with Gasteiger partial charge in [0.2, 0.25) is 5.91 Å². The van der Waals surface area contributed by atoms with Crippen LogP contribution in [-0.4, -0.2) is 56.0 Å². The molecule has 3 N–H and O–H groups in total. The average Bonchev–Trinajstić information content (AvgIpc) is 3.32. The van der Waals surface area contributed by atoms with E-state index in [1.807, 2.05) is 26.0 Å². The number of rotatable bonds is 9. The Morgan fingerprint density at radius 1 is 1.28 bits per heavy atom. The van der Waals surface area contributed by atoms with E-state index >= 15 is 0 Å². The van der Waals surface area contributed by atoms with Gasteiger partial charge in [0.05, 0.1) is 12.3 Å². The van der Waals surface area contributed by atoms with Gasteiger partial charge in [0.15, 0.2) is 5.96 Å². The van der Waals surface area contributed by atoms with E-state index in [4.69, 9.17) is 4.42 Å². The lowest BCUT2D eigenvalue weighted by molar-refractivity contribution is -0.119. The number of amides is 1. The summed E-state index contributed by atoms with van der Waals surface area (Å²) in [4.78, 5) is 18.6. The molecule has 1 amide bonds. The minimum atomic E-state index is -0.0545. The molecule has 140 valence electrons. The topological polar surface area (TPSA) is 81.9 Å². The summed E-state index contributed by atoms with van der Waals surface area (Å²) in [5.74, 6) is 1.57. The fourth-order valence-corrected chi connectivity index (χ4v) is 2.95. The lowest BCUT2D eigenvalue weighted by Gasteiger charge is -2.26. The molecule has 1 aromatic heterocycles. The molecule has 0 saturated carbocycles. The Balaban J connectivity index is 1.93. The molecule has 1 atom stereocenters. The van der Waals surface area contributed by atoms with Crippen molar-refractivity contribution in [3.8, 4) is 0 Å². The first-order valence-electron chi connectivity index (χ1n) is 9.31. The van der Waals surface area contributed by atoms with Crippen LogP contribution in [0, 0.1) is 0 Å². The zero-order valence-electron chi connectivity index (χ0n) is 15.4. The van der Waals surface area contributed by atoms with Crippen LogP contribution in [0.2, 0.25) is 0 Å². The molecule has 0 aliphatic carbocycles. The van der Waals surface area contributed by atoms with Crippen LogP contribution >= 0.6 is 0 Å². The Kier molecular flexibility index (Phi) is 8.31. The third kappa shape index (κ3) is 6.42. The summed E-state index contributed by atoms with van der Waals surface area (Å²) in [5.41, 5.74) is 0. The van der Waals surface area contributed by atoms with Gasteiger partial charge in [-0.05, 0) is 51.4 Å². The molecule has 0 bridgehead atoms. The molecule has 1 fully saturated rings. The highest BCUT2D eigenvalue weighted by molar-refractivity contribution is 5.84. The summed E-state index contributed by atoms with van der Waals surface area (Å²) >= 11 is 0. The molecule has 2 rings (SSSR count). The van der Waals surface area contributed by atoms with Crippen LogP contribution in [0.1, 0.15) is 44.9 Å². The Hall–Kier alpha value is -2.02. The number of aliphatic imine (C=N–C) groups is 1. The van der Waals surface area contributed by atoms with Crippen LogP contribution in [0.25, 0.3) is 0 Å². The monoisotopic (exact) mass is 349 g/mol. The molecule has 7 heteroatoms. The number of nitrogens with one attached hydrogen (secondary N) is 3. The SMILES string of the molecule is CCCNC(=O)CN=C(NCC)NCC(c1ccco1)N1CCCC1. The summed E-state index contributed by atoms with van der Waals surface area (Å²) < 4.78 is 5.64. The molecule has 0 spiro atoms. The maximum Gasteiger partial charge on any atom is 0.241 e. The Labute approximate surface area is 150 Å². The number of hydrogen-bond donors (Lipinski definition) is 3. The standard InChI is InChI=1S/C18H31N5O2/c1-3-9-20-17(24)14-22-18(19-4-2)21-13-15(16-8-7-12-25-16)23-10-5-6-11-23/h7-8,12,15H,3-6,9-11,13-14H2,1-2H3,(H,20,24)(H2,19,21,22). The van der Waals surface area contributed by atoms with Gasteiger partial charge < -0.3 is 20.4 Å². The highest BCUT2D eigenvalue weighted by Crippen LogP contribution is 2.24. The van der Waals surface area contributed by atoms with E-state index in [1.165, 1.54) is 12.8 Å². The maximum absolute atomic E-state index is 11.7. The second-order valence-electron chi connectivity index (χ2n) is 6.20. The molecular formula is C18H31N5O2. The first-order valence-corrected chi connectivity index (χ1v) is 9.31. The summed E-state index contributed by atoms with van der Waals surface area (Å²) in [6.45, 7) is 8.47. The van der Waals surface area contributed by atoms with Crippen molar-refractivity contribution in [3.63, 3.8) is 0 Å². The third-order valence-corrected chi connectivity index (χ3v) is 4.21. The van der Waals surface area contributed by atoms with Crippen molar-refractivity contribution in [2.24, 2.45) is 4.99 Å². The Morgan fingerprint density at radius 2 is 2.08 bits per heavy atom. The van der Waals surface area contributed by atoms with Crippen LogP contribution in [0.4, 0.5) is 0 Å². The predicted molar refractivity (Wildman–Crippen MR) is 99.5 cm³/mol. The van der Waals surface area contributed by atoms with Crippen molar-refractivity contribution in [2.75, 3.05) is 39.3 Å². The minimum Gasteiger partial charge on any atom is -0.468 e. The van der Waals surface area contributed by atoms with Crippen LogP contribution in [0.3, 0.4) is 0 Å². The van der Waals surface area contributed by atoms with E-state index in [2.05, 4.69) is 25.8 Å². The quantitative estimate of drug-likeness (QED) is 0.465. The number of hydrogen-bond acceptors (Lipinski definition) is 4. The van der Waals surface area contributed by atoms with Gasteiger partial charge in [0.1, 0.15) is 12.3 Å². The van der Waals surface area contributed by atoms with Gasteiger partial charge >= 0.3 is 0 Å². The summed E-state index contributed by atoms with van der Waals surface area (Å²) in [5, 5.41) is 9.39. The number of carbonyl (C=O) groups is 1. The molecule has 7 nitrogen and oxygen atoms in total. The second-order valence-corrected chi connectivity index (χ2v) is 6.20. The average molecular weight is 349 g/mol. The first kappa shape index (κ1) is 19.3. The van der Waals surface area contributed by atoms with Crippen LogP contribution in [0.5, 0.6) is 0 Å². The second kappa shape index (κ2) is 10.8. The fourth-order valence-electron chi connectivity index (χ4n) is 2.95. The van der Waals surface area contributed by atoms with Crippen molar-refractivity contribution in [1.82, 2.24) is 20.9 Å². The number of likely N-dealkylation sites (tertiary alicyclic amines) is 1. The van der Waals surface area contributed by atoms with Crippen molar-refractivity contribution < 1.29 is 9.21 Å². The van der Waals surface area contributed by atoms with Crippen LogP contribution in [0.15, 0.2) is 27.8 Å². The van der Waals surface area contributed by atoms with Gasteiger partial charge in [0.25, 0.3) is 0 Å². The van der Waals surface area contributed by atoms with Gasteiger partial charge in [-0.2, -0.15) is 0 Å². The molecule has 1 aliphatic rings. The molecule has 0 aromatic carbocycles. The van der Waals surface area contributed by atoms with Gasteiger partial charge in [-0.1, -0.05) is 6.92 Å². The number of nitrogens with zero attached hydrogens (tertiary/aromatic N) is 2. The van der Waals surface area contributed by atoms with E-state index in [0.29, 0.717) is 19.0 Å². The normalized spacial score (nSPS) is 16.6. The molecule has 25 heavy (non-hydrogen) atoms. The molecular weight excluding hydrogens is 318 g/mol. The van der Waals surface area contributed by atoms with Gasteiger partial charge in [-0.15, -0.1) is 0 Å². The van der Waals surface area contributed by atoms with Crippen molar-refractivity contribution in [1.29, 1.82) is 0 Å². The third-order valence-electron chi connectivity index (χ3n) is 4.21. The van der Waals surface area contributed by atoms with Crippen molar-refractivity contribution in [2.45, 2.75) is 39.2 Å². The lowest BCUT2D eigenvalue weighted by Crippen LogP contribution is -2.43. The van der Waals surface area contributed by atoms with E-state index in [1.54, 1.807) is 6.26 Å². The highest BCUT2D eigenvalue weighted by atomic mass is 16.3. The molecule has 1 unspecified atom stereocenters. The summed E-state index contributed by atoms with van der Waals surface area (Å²) in [6.07, 6.45) is 5.09. The number of furan rings is 1. The van der Waals surface area contributed by atoms with E-state index in [9.17, 15) is 4.79 Å². The smallest absolute Gasteiger partial charge is 0.241 e. The largest absolute Gasteiger partial charge is 0.468 e. The Bertz CT molecular complexity index is 524. The van der Waals surface area contributed by atoms with Crippen molar-refractivity contribution >= 4 is 11.9 Å². The summed E-state index contributed by atoms with van der Waals surface area (Å²) in [7, 11) is 0. The minimum absolute atomic E-state index is 0.0545. The molecule has 1 aromatic rings. The lowest BCUT2D eigenvalue weighted by atomic mass is 10.2. The predicted octanol–water partition coefficient (Wildman–Crippen LogP) is 1.50. The van der Waals surface area contributed by atoms with Crippen LogP contribution < -0.4 is 16.0 Å². The maximum atomic E-state index is 11.7. The fraction of sp³-hybridized carbons (Fsp3) is 0.667. The van der Waals surface area contributed by atoms with E-state index in [-0.39, 0.29) is 18.5 Å². The Morgan fingerprint density at radius 3 is 2.72 bits per heavy atom. The zero-order valence-corrected chi connectivity index (χ0v) is 15.4. The molecule has 1 aliphatic heterocycles. The van der Waals surface area contributed by atoms with Gasteiger partial charge in [-0.25, -0.2) is 4.99 Å². The first-order chi connectivity index (χ1) is 12.2. The van der Waals surface area contributed by atoms with E-state index in [0.717, 1.165) is 31.8 Å². The van der Waals surface area contributed by atoms with E-state index < -0.39 is 0 Å². The summed E-state index contributed by atoms with van der Waals surface area (Å²) in [6, 6.07) is 4.12. The van der Waals surface area contributed by atoms with Crippen molar-refractivity contribution in [3.05, 3.63) is 24.2 Å². The van der Waals surface area contributed by atoms with Crippen LogP contribution in [-0.2, 0) is 4.79 Å². The molecule has 0 radical (unpaired) electrons. The van der Waals surface area contributed by atoms with Gasteiger partial charge in [0, 0.05) is 19.6 Å². The molecule has 1 saturated heterocycles. The zero-order chi connectivity index (χ0) is 17.9. The number of carbonyl (C=O) groups excluding carboxylic acids is 1. The highest BCUT2D eigenvalue weighted by Gasteiger charge is 2.25. The number of guanidine groups is 1. The molecule has 2 heterocycles.